The topological polar surface area (TPSA) is 67.8 Å². The Morgan fingerprint density at radius 1 is 1.16 bits per heavy atom. The van der Waals surface area contributed by atoms with Crippen LogP contribution in [0.4, 0.5) is 4.79 Å². The van der Waals surface area contributed by atoms with Gasteiger partial charge in [-0.2, -0.15) is 0 Å². The highest BCUT2D eigenvalue weighted by molar-refractivity contribution is 5.79. The summed E-state index contributed by atoms with van der Waals surface area (Å²) >= 11 is 0. The third-order valence-corrected chi connectivity index (χ3v) is 5.12. The van der Waals surface area contributed by atoms with E-state index in [1.54, 1.807) is 0 Å². The minimum absolute atomic E-state index is 0.0306. The van der Waals surface area contributed by atoms with Gasteiger partial charge in [-0.15, -0.1) is 0 Å². The number of hydrogen-bond donors (Lipinski definition) is 2. The van der Waals surface area contributed by atoms with E-state index in [9.17, 15) is 9.90 Å². The second kappa shape index (κ2) is 6.50. The van der Waals surface area contributed by atoms with E-state index in [1.807, 2.05) is 24.3 Å². The second-order valence-corrected chi connectivity index (χ2v) is 6.69. The number of amides is 1. The molecule has 4 rings (SSSR count). The lowest BCUT2D eigenvalue weighted by atomic mass is 9.98. The molecule has 1 amide bonds. The molecular formula is C20H21NO4. The molecule has 130 valence electrons. The first-order valence-electron chi connectivity index (χ1n) is 8.54. The lowest BCUT2D eigenvalue weighted by Crippen LogP contribution is -2.52. The van der Waals surface area contributed by atoms with Crippen molar-refractivity contribution in [1.29, 1.82) is 0 Å². The van der Waals surface area contributed by atoms with Gasteiger partial charge in [-0.1, -0.05) is 48.5 Å². The van der Waals surface area contributed by atoms with Crippen molar-refractivity contribution in [3.8, 4) is 11.1 Å². The van der Waals surface area contributed by atoms with Crippen LogP contribution in [-0.4, -0.2) is 43.2 Å². The molecule has 2 aromatic rings. The van der Waals surface area contributed by atoms with Crippen LogP contribution in [0.2, 0.25) is 0 Å². The molecule has 1 atom stereocenters. The van der Waals surface area contributed by atoms with Crippen molar-refractivity contribution < 1.29 is 19.4 Å². The highest BCUT2D eigenvalue weighted by atomic mass is 16.6. The van der Waals surface area contributed by atoms with Crippen LogP contribution < -0.4 is 5.32 Å². The summed E-state index contributed by atoms with van der Waals surface area (Å²) in [5.74, 6) is 0.0306. The SMILES string of the molecule is O=C(NC1(CO)CCOC1)OCC1c2ccccc2-c2ccccc21. The molecule has 0 saturated carbocycles. The zero-order valence-corrected chi connectivity index (χ0v) is 13.9. The molecule has 0 radical (unpaired) electrons. The summed E-state index contributed by atoms with van der Waals surface area (Å²) in [5.41, 5.74) is 4.03. The van der Waals surface area contributed by atoms with Crippen molar-refractivity contribution >= 4 is 6.09 Å². The number of alkyl carbamates (subject to hydrolysis) is 1. The third kappa shape index (κ3) is 2.90. The van der Waals surface area contributed by atoms with Crippen LogP contribution in [0.1, 0.15) is 23.5 Å². The lowest BCUT2D eigenvalue weighted by Gasteiger charge is -2.26. The first kappa shape index (κ1) is 16.1. The van der Waals surface area contributed by atoms with Gasteiger partial charge in [-0.3, -0.25) is 0 Å². The van der Waals surface area contributed by atoms with Crippen LogP contribution in [0, 0.1) is 0 Å². The summed E-state index contributed by atoms with van der Waals surface area (Å²) in [6.45, 7) is 0.956. The van der Waals surface area contributed by atoms with E-state index in [-0.39, 0.29) is 19.1 Å². The van der Waals surface area contributed by atoms with E-state index in [0.29, 0.717) is 19.6 Å². The summed E-state index contributed by atoms with van der Waals surface area (Å²) in [6, 6.07) is 16.4. The summed E-state index contributed by atoms with van der Waals surface area (Å²) in [5, 5.41) is 12.3. The molecule has 1 heterocycles. The number of rotatable bonds is 4. The van der Waals surface area contributed by atoms with Crippen LogP contribution >= 0.6 is 0 Å². The molecule has 1 aliphatic heterocycles. The number of nitrogens with one attached hydrogen (secondary N) is 1. The summed E-state index contributed by atoms with van der Waals surface area (Å²) in [7, 11) is 0. The predicted octanol–water partition coefficient (Wildman–Crippen LogP) is 2.68. The maximum Gasteiger partial charge on any atom is 0.407 e. The average molecular weight is 339 g/mol. The number of carbonyl (C=O) groups is 1. The van der Waals surface area contributed by atoms with Gasteiger partial charge < -0.3 is 19.9 Å². The minimum atomic E-state index is -0.720. The largest absolute Gasteiger partial charge is 0.449 e. The maximum absolute atomic E-state index is 12.2. The van der Waals surface area contributed by atoms with Crippen LogP contribution in [-0.2, 0) is 9.47 Å². The van der Waals surface area contributed by atoms with Crippen molar-refractivity contribution in [3.63, 3.8) is 0 Å². The summed E-state index contributed by atoms with van der Waals surface area (Å²) < 4.78 is 10.8. The van der Waals surface area contributed by atoms with Crippen molar-refractivity contribution in [1.82, 2.24) is 5.32 Å². The van der Waals surface area contributed by atoms with Gasteiger partial charge in [0.1, 0.15) is 6.61 Å². The molecular weight excluding hydrogens is 318 g/mol. The van der Waals surface area contributed by atoms with Crippen molar-refractivity contribution in [3.05, 3.63) is 59.7 Å². The fraction of sp³-hybridized carbons (Fsp3) is 0.350. The van der Waals surface area contributed by atoms with Gasteiger partial charge in [0, 0.05) is 12.5 Å². The van der Waals surface area contributed by atoms with Crippen LogP contribution in [0.25, 0.3) is 11.1 Å². The molecule has 5 nitrogen and oxygen atoms in total. The minimum Gasteiger partial charge on any atom is -0.449 e. The molecule has 1 saturated heterocycles. The number of aliphatic hydroxyl groups excluding tert-OH is 1. The van der Waals surface area contributed by atoms with E-state index in [1.165, 1.54) is 22.3 Å². The molecule has 1 fully saturated rings. The fourth-order valence-corrected chi connectivity index (χ4v) is 3.72. The Morgan fingerprint density at radius 2 is 1.80 bits per heavy atom. The standard InChI is InChI=1S/C20H21NO4/c22-12-20(9-10-24-13-20)21-19(23)25-11-18-16-7-3-1-5-14(16)15-6-2-4-8-17(15)18/h1-8,18,22H,9-13H2,(H,21,23). The van der Waals surface area contributed by atoms with Gasteiger partial charge in [0.05, 0.1) is 18.8 Å². The van der Waals surface area contributed by atoms with Crippen molar-refractivity contribution in [2.75, 3.05) is 26.4 Å². The Balaban J connectivity index is 1.49. The zero-order chi connectivity index (χ0) is 17.3. The number of hydrogen-bond acceptors (Lipinski definition) is 4. The van der Waals surface area contributed by atoms with Gasteiger partial charge in [0.2, 0.25) is 0 Å². The number of aliphatic hydroxyl groups is 1. The number of fused-ring (bicyclic) bond motifs is 3. The van der Waals surface area contributed by atoms with E-state index in [0.717, 1.165) is 0 Å². The Kier molecular flexibility index (Phi) is 4.19. The van der Waals surface area contributed by atoms with Gasteiger partial charge in [0.25, 0.3) is 0 Å². The zero-order valence-electron chi connectivity index (χ0n) is 13.9. The highest BCUT2D eigenvalue weighted by Crippen LogP contribution is 2.44. The average Bonchev–Trinajstić information content (AvgIpc) is 3.23. The molecule has 5 heteroatoms. The molecule has 1 unspecified atom stereocenters. The quantitative estimate of drug-likeness (QED) is 0.899. The highest BCUT2D eigenvalue weighted by Gasteiger charge is 2.37. The Bertz CT molecular complexity index is 737. The molecule has 2 N–H and O–H groups in total. The normalized spacial score (nSPS) is 21.6. The van der Waals surface area contributed by atoms with Crippen LogP contribution in [0.5, 0.6) is 0 Å². The van der Waals surface area contributed by atoms with E-state index in [4.69, 9.17) is 9.47 Å². The Labute approximate surface area is 146 Å². The number of benzene rings is 2. The Hall–Kier alpha value is -2.37. The Morgan fingerprint density at radius 3 is 2.36 bits per heavy atom. The van der Waals surface area contributed by atoms with Gasteiger partial charge in [-0.05, 0) is 28.7 Å². The molecule has 1 aliphatic carbocycles. The van der Waals surface area contributed by atoms with Gasteiger partial charge >= 0.3 is 6.09 Å². The molecule has 0 aromatic heterocycles. The van der Waals surface area contributed by atoms with E-state index in [2.05, 4.69) is 29.6 Å². The summed E-state index contributed by atoms with van der Waals surface area (Å²) in [4.78, 5) is 12.2. The third-order valence-electron chi connectivity index (χ3n) is 5.12. The molecule has 0 bridgehead atoms. The maximum atomic E-state index is 12.2. The van der Waals surface area contributed by atoms with Crippen LogP contribution in [0.3, 0.4) is 0 Å². The molecule has 0 spiro atoms. The monoisotopic (exact) mass is 339 g/mol. The van der Waals surface area contributed by atoms with Crippen LogP contribution in [0.15, 0.2) is 48.5 Å². The fourth-order valence-electron chi connectivity index (χ4n) is 3.72. The number of ether oxygens (including phenoxy) is 2. The summed E-state index contributed by atoms with van der Waals surface area (Å²) in [6.07, 6.45) is 0.0784. The molecule has 25 heavy (non-hydrogen) atoms. The predicted molar refractivity (Wildman–Crippen MR) is 93.5 cm³/mol. The first-order valence-corrected chi connectivity index (χ1v) is 8.54. The first-order chi connectivity index (χ1) is 12.2. The molecule has 2 aromatic carbocycles. The smallest absolute Gasteiger partial charge is 0.407 e. The van der Waals surface area contributed by atoms with Crippen molar-refractivity contribution in [2.24, 2.45) is 0 Å². The number of carbonyl (C=O) groups excluding carboxylic acids is 1. The van der Waals surface area contributed by atoms with Crippen molar-refractivity contribution in [2.45, 2.75) is 17.9 Å². The molecule has 2 aliphatic rings. The van der Waals surface area contributed by atoms with E-state index >= 15 is 0 Å². The second-order valence-electron chi connectivity index (χ2n) is 6.69. The van der Waals surface area contributed by atoms with E-state index < -0.39 is 11.6 Å². The van der Waals surface area contributed by atoms with Gasteiger partial charge in [0.15, 0.2) is 0 Å². The lowest BCUT2D eigenvalue weighted by molar-refractivity contribution is 0.0957. The van der Waals surface area contributed by atoms with Gasteiger partial charge in [-0.25, -0.2) is 4.79 Å².